The van der Waals surface area contributed by atoms with Gasteiger partial charge in [-0.25, -0.2) is 13.8 Å². The first kappa shape index (κ1) is 26.6. The fraction of sp³-hybridized carbons (Fsp3) is 0.231. The Morgan fingerprint density at radius 2 is 1.64 bits per heavy atom. The maximum absolute atomic E-state index is 13.5. The second-order valence-corrected chi connectivity index (χ2v) is 9.52. The van der Waals surface area contributed by atoms with Gasteiger partial charge in [-0.2, -0.15) is 5.10 Å². The number of anilines is 1. The van der Waals surface area contributed by atoms with Gasteiger partial charge in [-0.3, -0.25) is 9.10 Å². The number of sulfonamides is 1. The van der Waals surface area contributed by atoms with Gasteiger partial charge in [0.25, 0.3) is 15.9 Å². The molecule has 10 heteroatoms. The quantitative estimate of drug-likeness (QED) is 0.310. The molecule has 0 aliphatic heterocycles. The molecule has 0 aliphatic rings. The van der Waals surface area contributed by atoms with Gasteiger partial charge in [0.2, 0.25) is 0 Å². The summed E-state index contributed by atoms with van der Waals surface area (Å²) in [7, 11) is -0.999. The van der Waals surface area contributed by atoms with Crippen LogP contribution in [0.2, 0.25) is 0 Å². The smallest absolute Gasteiger partial charge is 0.264 e. The molecular weight excluding hydrogens is 482 g/mol. The minimum Gasteiger partial charge on any atom is -0.494 e. The van der Waals surface area contributed by atoms with Gasteiger partial charge in [-0.1, -0.05) is 17.7 Å². The third-order valence-corrected chi connectivity index (χ3v) is 6.93. The highest BCUT2D eigenvalue weighted by Gasteiger charge is 2.27. The van der Waals surface area contributed by atoms with Gasteiger partial charge in [0.1, 0.15) is 12.3 Å². The molecule has 3 aromatic rings. The highest BCUT2D eigenvalue weighted by molar-refractivity contribution is 7.92. The van der Waals surface area contributed by atoms with Crippen LogP contribution in [0, 0.1) is 6.92 Å². The summed E-state index contributed by atoms with van der Waals surface area (Å²) in [6.07, 6.45) is 1.43. The summed E-state index contributed by atoms with van der Waals surface area (Å²) in [5, 5.41) is 3.96. The third-order valence-electron chi connectivity index (χ3n) is 5.14. The first-order chi connectivity index (χ1) is 17.3. The number of carbonyl (C=O) groups excluding carboxylic acids is 1. The molecule has 0 saturated carbocycles. The number of hydrazone groups is 1. The average molecular weight is 512 g/mol. The van der Waals surface area contributed by atoms with Crippen molar-refractivity contribution in [1.82, 2.24) is 5.43 Å². The Kier molecular flexibility index (Phi) is 8.91. The Morgan fingerprint density at radius 3 is 2.25 bits per heavy atom. The number of nitrogens with one attached hydrogen (secondary N) is 1. The van der Waals surface area contributed by atoms with Crippen molar-refractivity contribution in [3.05, 3.63) is 77.9 Å². The van der Waals surface area contributed by atoms with Gasteiger partial charge in [0, 0.05) is 0 Å². The molecular formula is C26H29N3O6S. The van der Waals surface area contributed by atoms with E-state index in [4.69, 9.17) is 14.2 Å². The predicted molar refractivity (Wildman–Crippen MR) is 139 cm³/mol. The molecule has 3 aromatic carbocycles. The Labute approximate surface area is 211 Å². The van der Waals surface area contributed by atoms with E-state index in [0.29, 0.717) is 35.1 Å². The van der Waals surface area contributed by atoms with Crippen LogP contribution in [0.15, 0.2) is 76.7 Å². The van der Waals surface area contributed by atoms with Crippen LogP contribution in [0.3, 0.4) is 0 Å². The first-order valence-corrected chi connectivity index (χ1v) is 12.6. The van der Waals surface area contributed by atoms with Gasteiger partial charge in [0.05, 0.1) is 37.6 Å². The van der Waals surface area contributed by atoms with Crippen LogP contribution in [0.1, 0.15) is 18.1 Å². The number of hydrogen-bond acceptors (Lipinski definition) is 7. The van der Waals surface area contributed by atoms with Gasteiger partial charge < -0.3 is 14.2 Å². The van der Waals surface area contributed by atoms with Crippen LogP contribution in [0.25, 0.3) is 0 Å². The van der Waals surface area contributed by atoms with Gasteiger partial charge in [0.15, 0.2) is 11.5 Å². The van der Waals surface area contributed by atoms with Crippen molar-refractivity contribution in [2.75, 3.05) is 31.7 Å². The number of hydrogen-bond donors (Lipinski definition) is 1. The fourth-order valence-corrected chi connectivity index (χ4v) is 4.73. The van der Waals surface area contributed by atoms with Crippen molar-refractivity contribution in [2.24, 2.45) is 5.10 Å². The van der Waals surface area contributed by atoms with Crippen LogP contribution in [-0.2, 0) is 14.8 Å². The molecule has 0 bridgehead atoms. The number of nitrogens with zero attached hydrogens (tertiary/aromatic N) is 2. The van der Waals surface area contributed by atoms with Crippen LogP contribution >= 0.6 is 0 Å². The van der Waals surface area contributed by atoms with Gasteiger partial charge in [-0.15, -0.1) is 0 Å². The predicted octanol–water partition coefficient (Wildman–Crippen LogP) is 3.76. The van der Waals surface area contributed by atoms with E-state index < -0.39 is 22.5 Å². The molecule has 0 spiro atoms. The minimum atomic E-state index is -4.05. The zero-order valence-electron chi connectivity index (χ0n) is 20.6. The molecule has 0 aromatic heterocycles. The standard InChI is InChI=1S/C26H29N3O6S/c1-5-35-22-11-13-23(14-12-22)36(31,32)29(21-9-6-19(2)7-10-21)18-26(30)28-27-17-20-8-15-24(33-3)25(16-20)34-4/h6-17H,5,18H2,1-4H3,(H,28,30). The average Bonchev–Trinajstić information content (AvgIpc) is 2.88. The maximum atomic E-state index is 13.5. The summed E-state index contributed by atoms with van der Waals surface area (Å²) < 4.78 is 43.9. The Bertz CT molecular complexity index is 1310. The fourth-order valence-electron chi connectivity index (χ4n) is 3.31. The van der Waals surface area contributed by atoms with Crippen LogP contribution in [0.4, 0.5) is 5.69 Å². The number of carbonyl (C=O) groups is 1. The molecule has 0 saturated heterocycles. The molecule has 0 atom stereocenters. The molecule has 0 radical (unpaired) electrons. The second-order valence-electron chi connectivity index (χ2n) is 7.66. The molecule has 0 fully saturated rings. The van der Waals surface area contributed by atoms with Gasteiger partial charge >= 0.3 is 0 Å². The van der Waals surface area contributed by atoms with E-state index in [-0.39, 0.29) is 4.90 Å². The molecule has 190 valence electrons. The summed E-state index contributed by atoms with van der Waals surface area (Å²) >= 11 is 0. The Morgan fingerprint density at radius 1 is 0.972 bits per heavy atom. The minimum absolute atomic E-state index is 0.0353. The van der Waals surface area contributed by atoms with Crippen LogP contribution in [0.5, 0.6) is 17.2 Å². The molecule has 9 nitrogen and oxygen atoms in total. The van der Waals surface area contributed by atoms with Crippen molar-refractivity contribution >= 4 is 27.8 Å². The Hall–Kier alpha value is -4.05. The largest absolute Gasteiger partial charge is 0.494 e. The van der Waals surface area contributed by atoms with E-state index in [1.54, 1.807) is 54.6 Å². The molecule has 1 N–H and O–H groups in total. The number of ether oxygens (including phenoxy) is 3. The number of amides is 1. The summed E-state index contributed by atoms with van der Waals surface area (Å²) in [5.41, 5.74) is 4.36. The highest BCUT2D eigenvalue weighted by Crippen LogP contribution is 2.27. The summed E-state index contributed by atoms with van der Waals surface area (Å²) in [6.45, 7) is 3.73. The normalized spacial score (nSPS) is 11.2. The third kappa shape index (κ3) is 6.54. The maximum Gasteiger partial charge on any atom is 0.264 e. The highest BCUT2D eigenvalue weighted by atomic mass is 32.2. The van der Waals surface area contributed by atoms with E-state index in [9.17, 15) is 13.2 Å². The van der Waals surface area contributed by atoms with E-state index in [2.05, 4.69) is 10.5 Å². The lowest BCUT2D eigenvalue weighted by Crippen LogP contribution is -2.39. The van der Waals surface area contributed by atoms with Crippen molar-refractivity contribution in [3.63, 3.8) is 0 Å². The lowest BCUT2D eigenvalue weighted by atomic mass is 10.2. The summed E-state index contributed by atoms with van der Waals surface area (Å²) in [6, 6.07) is 18.1. The van der Waals surface area contributed by atoms with E-state index >= 15 is 0 Å². The van der Waals surface area contributed by atoms with Crippen molar-refractivity contribution < 1.29 is 27.4 Å². The summed E-state index contributed by atoms with van der Waals surface area (Å²) in [4.78, 5) is 12.8. The van der Waals surface area contributed by atoms with Gasteiger partial charge in [-0.05, 0) is 74.0 Å². The number of methoxy groups -OCH3 is 2. The Balaban J connectivity index is 1.81. The lowest BCUT2D eigenvalue weighted by molar-refractivity contribution is -0.119. The van der Waals surface area contributed by atoms with Crippen LogP contribution < -0.4 is 23.9 Å². The molecule has 0 heterocycles. The van der Waals surface area contributed by atoms with E-state index in [1.165, 1.54) is 32.6 Å². The lowest BCUT2D eigenvalue weighted by Gasteiger charge is -2.24. The molecule has 1 amide bonds. The SMILES string of the molecule is CCOc1ccc(S(=O)(=O)N(CC(=O)NN=Cc2ccc(OC)c(OC)c2)c2ccc(C)cc2)cc1. The zero-order chi connectivity index (χ0) is 26.1. The summed E-state index contributed by atoms with van der Waals surface area (Å²) in [5.74, 6) is 1.02. The molecule has 3 rings (SSSR count). The first-order valence-electron chi connectivity index (χ1n) is 11.1. The topological polar surface area (TPSA) is 107 Å². The number of benzene rings is 3. The van der Waals surface area contributed by atoms with Crippen molar-refractivity contribution in [1.29, 1.82) is 0 Å². The molecule has 36 heavy (non-hydrogen) atoms. The number of rotatable bonds is 11. The second kappa shape index (κ2) is 12.1. The van der Waals surface area contributed by atoms with Crippen LogP contribution in [-0.4, -0.2) is 47.9 Å². The molecule has 0 unspecified atom stereocenters. The van der Waals surface area contributed by atoms with Crippen molar-refractivity contribution in [2.45, 2.75) is 18.7 Å². The van der Waals surface area contributed by atoms with E-state index in [0.717, 1.165) is 9.87 Å². The monoisotopic (exact) mass is 511 g/mol. The van der Waals surface area contributed by atoms with Crippen molar-refractivity contribution in [3.8, 4) is 17.2 Å². The number of aryl methyl sites for hydroxylation is 1. The molecule has 0 aliphatic carbocycles. The van der Waals surface area contributed by atoms with E-state index in [1.807, 2.05) is 13.8 Å². The zero-order valence-corrected chi connectivity index (χ0v) is 21.4.